The number of carboxylic acid groups (broad SMARTS) is 1. The van der Waals surface area contributed by atoms with Crippen molar-refractivity contribution in [2.24, 2.45) is 11.3 Å². The van der Waals surface area contributed by atoms with Crippen LogP contribution in [0.3, 0.4) is 0 Å². The van der Waals surface area contributed by atoms with Crippen LogP contribution in [-0.4, -0.2) is 42.3 Å². The van der Waals surface area contributed by atoms with E-state index in [1.165, 1.54) is 6.92 Å². The van der Waals surface area contributed by atoms with Gasteiger partial charge in [-0.2, -0.15) is 0 Å². The highest BCUT2D eigenvalue weighted by Gasteiger charge is 2.35. The zero-order valence-electron chi connectivity index (χ0n) is 15.3. The maximum Gasteiger partial charge on any atom is 0.426 e. The van der Waals surface area contributed by atoms with Crippen LogP contribution in [0.1, 0.15) is 59.3 Å². The number of amides is 1. The molecule has 0 aromatic carbocycles. The minimum Gasteiger partial charge on any atom is -0.481 e. The molecule has 0 bridgehead atoms. The quantitative estimate of drug-likeness (QED) is 0.428. The van der Waals surface area contributed by atoms with Gasteiger partial charge in [-0.15, -0.1) is 5.48 Å². The van der Waals surface area contributed by atoms with Crippen LogP contribution in [0.15, 0.2) is 0 Å². The monoisotopic (exact) mass is 358 g/mol. The summed E-state index contributed by atoms with van der Waals surface area (Å²) >= 11 is 0. The van der Waals surface area contributed by atoms with Crippen LogP contribution in [-0.2, 0) is 19.2 Å². The first-order valence-electron chi connectivity index (χ1n) is 8.83. The third-order valence-corrected chi connectivity index (χ3v) is 4.29. The van der Waals surface area contributed by atoms with Crippen LogP contribution in [0.5, 0.6) is 0 Å². The molecule has 1 saturated carbocycles. The van der Waals surface area contributed by atoms with Crippen molar-refractivity contribution in [2.45, 2.75) is 65.3 Å². The molecule has 1 atom stereocenters. The maximum absolute atomic E-state index is 11.8. The summed E-state index contributed by atoms with van der Waals surface area (Å²) in [5.74, 6) is -1.14. The van der Waals surface area contributed by atoms with Crippen molar-refractivity contribution in [1.29, 1.82) is 0 Å². The van der Waals surface area contributed by atoms with Gasteiger partial charge in [-0.3, -0.25) is 9.59 Å². The molecule has 25 heavy (non-hydrogen) atoms. The zero-order chi connectivity index (χ0) is 18.9. The molecular weight excluding hydrogens is 328 g/mol. The molecule has 0 aromatic heterocycles. The molecule has 1 rings (SSSR count). The molecule has 0 aromatic rings. The lowest BCUT2D eigenvalue weighted by Gasteiger charge is -2.36. The van der Waals surface area contributed by atoms with E-state index in [0.29, 0.717) is 6.61 Å². The number of hydrogen-bond acceptors (Lipinski definition) is 6. The minimum absolute atomic E-state index is 0.0264. The van der Waals surface area contributed by atoms with Gasteiger partial charge in [-0.1, -0.05) is 33.1 Å². The largest absolute Gasteiger partial charge is 0.481 e. The Morgan fingerprint density at radius 1 is 1.12 bits per heavy atom. The Labute approximate surface area is 148 Å². The van der Waals surface area contributed by atoms with Crippen molar-refractivity contribution in [2.75, 3.05) is 13.2 Å². The second-order valence-corrected chi connectivity index (χ2v) is 7.24. The van der Waals surface area contributed by atoms with Gasteiger partial charge in [0.05, 0.1) is 13.0 Å². The number of aliphatic carboxylic acids is 1. The molecule has 1 aliphatic carbocycles. The van der Waals surface area contributed by atoms with E-state index in [0.717, 1.165) is 32.1 Å². The Morgan fingerprint density at radius 2 is 1.76 bits per heavy atom. The molecule has 8 heteroatoms. The Balaban J connectivity index is 2.37. The molecule has 8 nitrogen and oxygen atoms in total. The van der Waals surface area contributed by atoms with E-state index in [4.69, 9.17) is 14.7 Å². The molecule has 0 aliphatic heterocycles. The first-order valence-corrected chi connectivity index (χ1v) is 8.83. The first-order chi connectivity index (χ1) is 11.7. The van der Waals surface area contributed by atoms with Crippen LogP contribution < -0.4 is 10.8 Å². The van der Waals surface area contributed by atoms with E-state index in [1.54, 1.807) is 0 Å². The van der Waals surface area contributed by atoms with Gasteiger partial charge < -0.3 is 20.0 Å². The fraction of sp³-hybridized carbons (Fsp3) is 0.824. The maximum atomic E-state index is 11.8. The lowest BCUT2D eigenvalue weighted by atomic mass is 9.72. The van der Waals surface area contributed by atoms with Crippen molar-refractivity contribution >= 4 is 18.0 Å². The fourth-order valence-corrected chi connectivity index (χ4v) is 2.90. The summed E-state index contributed by atoms with van der Waals surface area (Å²) in [5.41, 5.74) is 1.92. The van der Waals surface area contributed by atoms with Gasteiger partial charge in [0.1, 0.15) is 6.04 Å². The number of esters is 1. The van der Waals surface area contributed by atoms with E-state index in [-0.39, 0.29) is 18.9 Å². The summed E-state index contributed by atoms with van der Waals surface area (Å²) in [6.07, 6.45) is 3.83. The van der Waals surface area contributed by atoms with E-state index < -0.39 is 29.5 Å². The number of rotatable bonds is 9. The van der Waals surface area contributed by atoms with Crippen LogP contribution >= 0.6 is 0 Å². The lowest BCUT2D eigenvalue weighted by molar-refractivity contribution is -0.149. The van der Waals surface area contributed by atoms with Gasteiger partial charge in [0.25, 0.3) is 0 Å². The molecule has 144 valence electrons. The SMILES string of the molecule is CC(C)COC(=O)C(C)NOC(=O)NCC1(CC(=O)O)CCCCC1. The number of hydroxylamine groups is 1. The zero-order valence-corrected chi connectivity index (χ0v) is 15.3. The second kappa shape index (κ2) is 10.2. The Hall–Kier alpha value is -1.83. The van der Waals surface area contributed by atoms with Crippen LogP contribution in [0.25, 0.3) is 0 Å². The van der Waals surface area contributed by atoms with Crippen molar-refractivity contribution in [3.63, 3.8) is 0 Å². The Morgan fingerprint density at radius 3 is 2.32 bits per heavy atom. The van der Waals surface area contributed by atoms with Gasteiger partial charge in [0.15, 0.2) is 0 Å². The highest BCUT2D eigenvalue weighted by atomic mass is 16.7. The van der Waals surface area contributed by atoms with Crippen molar-refractivity contribution in [3.05, 3.63) is 0 Å². The summed E-state index contributed by atoms with van der Waals surface area (Å²) in [4.78, 5) is 39.4. The fourth-order valence-electron chi connectivity index (χ4n) is 2.90. The van der Waals surface area contributed by atoms with E-state index in [1.807, 2.05) is 13.8 Å². The Kier molecular flexibility index (Phi) is 8.68. The first kappa shape index (κ1) is 21.2. The molecule has 1 fully saturated rings. The summed E-state index contributed by atoms with van der Waals surface area (Å²) in [5, 5.41) is 11.7. The van der Waals surface area contributed by atoms with Crippen molar-refractivity contribution < 1.29 is 29.1 Å². The lowest BCUT2D eigenvalue weighted by Crippen LogP contribution is -2.44. The Bertz CT molecular complexity index is 460. The summed E-state index contributed by atoms with van der Waals surface area (Å²) in [6.45, 7) is 5.92. The number of carboxylic acids is 1. The minimum atomic E-state index is -0.864. The molecule has 1 unspecified atom stereocenters. The summed E-state index contributed by atoms with van der Waals surface area (Å²) in [7, 11) is 0. The normalized spacial score (nSPS) is 17.6. The van der Waals surface area contributed by atoms with Crippen LogP contribution in [0.2, 0.25) is 0 Å². The molecule has 0 radical (unpaired) electrons. The van der Waals surface area contributed by atoms with E-state index >= 15 is 0 Å². The van der Waals surface area contributed by atoms with E-state index in [9.17, 15) is 14.4 Å². The highest BCUT2D eigenvalue weighted by Crippen LogP contribution is 2.38. The molecule has 0 spiro atoms. The van der Waals surface area contributed by atoms with Gasteiger partial charge in [0, 0.05) is 6.54 Å². The highest BCUT2D eigenvalue weighted by molar-refractivity contribution is 5.75. The molecular formula is C17H30N2O6. The van der Waals surface area contributed by atoms with Crippen molar-refractivity contribution in [3.8, 4) is 0 Å². The molecule has 0 saturated heterocycles. The number of carbonyl (C=O) groups is 3. The number of ether oxygens (including phenoxy) is 1. The average Bonchev–Trinajstić information content (AvgIpc) is 2.55. The van der Waals surface area contributed by atoms with Gasteiger partial charge >= 0.3 is 18.0 Å². The van der Waals surface area contributed by atoms with Gasteiger partial charge in [-0.25, -0.2) is 4.79 Å². The van der Waals surface area contributed by atoms with Crippen molar-refractivity contribution in [1.82, 2.24) is 10.8 Å². The summed E-state index contributed by atoms with van der Waals surface area (Å²) < 4.78 is 5.03. The van der Waals surface area contributed by atoms with E-state index in [2.05, 4.69) is 10.8 Å². The topological polar surface area (TPSA) is 114 Å². The molecule has 1 aliphatic rings. The average molecular weight is 358 g/mol. The van der Waals surface area contributed by atoms with Gasteiger partial charge in [0.2, 0.25) is 0 Å². The molecule has 1 amide bonds. The second-order valence-electron chi connectivity index (χ2n) is 7.24. The predicted molar refractivity (Wildman–Crippen MR) is 90.6 cm³/mol. The molecule has 0 heterocycles. The third kappa shape index (κ3) is 8.20. The number of carbonyl (C=O) groups excluding carboxylic acids is 2. The summed E-state index contributed by atoms with van der Waals surface area (Å²) in [6, 6.07) is -0.785. The molecule has 3 N–H and O–H groups in total. The van der Waals surface area contributed by atoms with Crippen LogP contribution in [0.4, 0.5) is 4.79 Å². The number of nitrogens with one attached hydrogen (secondary N) is 2. The predicted octanol–water partition coefficient (Wildman–Crippen LogP) is 2.23. The smallest absolute Gasteiger partial charge is 0.426 e. The van der Waals surface area contributed by atoms with Gasteiger partial charge in [-0.05, 0) is 31.1 Å². The number of hydrogen-bond donors (Lipinski definition) is 3. The third-order valence-electron chi connectivity index (χ3n) is 4.29. The standard InChI is InChI=1S/C17H30N2O6/c1-12(2)10-24-15(22)13(3)19-25-16(23)18-11-17(9-14(20)21)7-5-4-6-8-17/h12-13,19H,4-11H2,1-3H3,(H,18,23)(H,20,21). The van der Waals surface area contributed by atoms with Crippen LogP contribution in [0, 0.1) is 11.3 Å².